The van der Waals surface area contributed by atoms with E-state index in [0.717, 1.165) is 16.1 Å². The van der Waals surface area contributed by atoms with Gasteiger partial charge < -0.3 is 10.2 Å². The first kappa shape index (κ1) is 26.7. The Morgan fingerprint density at radius 3 is 2.30 bits per heavy atom. The van der Waals surface area contributed by atoms with Crippen LogP contribution in [-0.2, 0) is 26.2 Å². The van der Waals surface area contributed by atoms with Crippen LogP contribution in [0.15, 0.2) is 48.5 Å². The fraction of sp³-hybridized carbons (Fsp3) is 0.417. The van der Waals surface area contributed by atoms with Crippen LogP contribution in [0.4, 0.5) is 5.69 Å². The van der Waals surface area contributed by atoms with Gasteiger partial charge >= 0.3 is 0 Å². The minimum atomic E-state index is -3.76. The van der Waals surface area contributed by atoms with Gasteiger partial charge in [0.2, 0.25) is 21.8 Å². The molecule has 0 aliphatic rings. The van der Waals surface area contributed by atoms with E-state index in [4.69, 9.17) is 11.6 Å². The molecule has 0 aromatic heterocycles. The van der Waals surface area contributed by atoms with E-state index in [9.17, 15) is 18.0 Å². The van der Waals surface area contributed by atoms with Gasteiger partial charge in [-0.05, 0) is 56.5 Å². The van der Waals surface area contributed by atoms with E-state index in [0.29, 0.717) is 22.7 Å². The highest BCUT2D eigenvalue weighted by atomic mass is 35.5. The lowest BCUT2D eigenvalue weighted by Crippen LogP contribution is -2.53. The van der Waals surface area contributed by atoms with Crippen LogP contribution >= 0.6 is 11.6 Å². The number of hydrogen-bond donors (Lipinski definition) is 1. The van der Waals surface area contributed by atoms with Gasteiger partial charge in [0.05, 0.1) is 11.9 Å². The lowest BCUT2D eigenvalue weighted by Gasteiger charge is -2.33. The number of carbonyl (C=O) groups excluding carboxylic acids is 2. The highest BCUT2D eigenvalue weighted by molar-refractivity contribution is 7.92. The van der Waals surface area contributed by atoms with E-state index in [2.05, 4.69) is 5.32 Å². The Bertz CT molecular complexity index is 1090. The molecule has 1 atom stereocenters. The highest BCUT2D eigenvalue weighted by Crippen LogP contribution is 2.22. The van der Waals surface area contributed by atoms with Gasteiger partial charge in [0, 0.05) is 17.6 Å². The molecule has 2 rings (SSSR count). The van der Waals surface area contributed by atoms with Gasteiger partial charge in [-0.2, -0.15) is 0 Å². The van der Waals surface area contributed by atoms with Crippen molar-refractivity contribution < 1.29 is 18.0 Å². The van der Waals surface area contributed by atoms with Crippen LogP contribution in [0.3, 0.4) is 0 Å². The number of benzene rings is 2. The Balaban J connectivity index is 2.46. The number of rotatable bonds is 10. The van der Waals surface area contributed by atoms with Crippen molar-refractivity contribution in [3.05, 3.63) is 64.7 Å². The van der Waals surface area contributed by atoms with Crippen LogP contribution in [0.1, 0.15) is 38.3 Å². The van der Waals surface area contributed by atoms with E-state index in [1.807, 2.05) is 33.8 Å². The van der Waals surface area contributed by atoms with Gasteiger partial charge in [-0.3, -0.25) is 13.9 Å². The third-order valence-electron chi connectivity index (χ3n) is 5.08. The second kappa shape index (κ2) is 11.5. The van der Waals surface area contributed by atoms with Crippen molar-refractivity contribution in [1.29, 1.82) is 0 Å². The maximum Gasteiger partial charge on any atom is 0.244 e. The summed E-state index contributed by atoms with van der Waals surface area (Å²) in [5.41, 5.74) is 1.93. The minimum absolute atomic E-state index is 0.0773. The molecule has 0 fully saturated rings. The van der Waals surface area contributed by atoms with Crippen LogP contribution in [-0.4, -0.2) is 50.0 Å². The number of aryl methyl sites for hydroxylation is 1. The highest BCUT2D eigenvalue weighted by Gasteiger charge is 2.32. The van der Waals surface area contributed by atoms with Crippen molar-refractivity contribution >= 4 is 39.1 Å². The number of halogens is 1. The van der Waals surface area contributed by atoms with Gasteiger partial charge in [-0.25, -0.2) is 8.42 Å². The zero-order chi connectivity index (χ0) is 24.8. The summed E-state index contributed by atoms with van der Waals surface area (Å²) in [6.07, 6.45) is 1.42. The van der Waals surface area contributed by atoms with Gasteiger partial charge in [-0.15, -0.1) is 0 Å². The largest absolute Gasteiger partial charge is 0.352 e. The molecule has 0 bridgehead atoms. The monoisotopic (exact) mass is 493 g/mol. The molecule has 2 aromatic rings. The molecular weight excluding hydrogens is 462 g/mol. The predicted octanol–water partition coefficient (Wildman–Crippen LogP) is 3.75. The molecule has 2 amide bonds. The van der Waals surface area contributed by atoms with Crippen LogP contribution in [0.25, 0.3) is 0 Å². The molecule has 33 heavy (non-hydrogen) atoms. The second-order valence-corrected chi connectivity index (χ2v) is 10.6. The second-order valence-electron chi connectivity index (χ2n) is 8.31. The van der Waals surface area contributed by atoms with E-state index in [1.165, 1.54) is 4.90 Å². The van der Waals surface area contributed by atoms with Gasteiger partial charge in [0.1, 0.15) is 12.6 Å². The van der Waals surface area contributed by atoms with Gasteiger partial charge in [0.15, 0.2) is 0 Å². The first-order chi connectivity index (χ1) is 15.4. The molecule has 0 radical (unpaired) electrons. The minimum Gasteiger partial charge on any atom is -0.352 e. The first-order valence-electron chi connectivity index (χ1n) is 10.8. The van der Waals surface area contributed by atoms with Crippen LogP contribution in [0.5, 0.6) is 0 Å². The number of hydrogen-bond acceptors (Lipinski definition) is 4. The first-order valence-corrected chi connectivity index (χ1v) is 13.0. The molecule has 0 unspecified atom stereocenters. The van der Waals surface area contributed by atoms with Gasteiger partial charge in [0.25, 0.3) is 0 Å². The maximum atomic E-state index is 13.6. The normalized spacial score (nSPS) is 12.3. The van der Waals surface area contributed by atoms with E-state index in [-0.39, 0.29) is 18.5 Å². The lowest BCUT2D eigenvalue weighted by atomic mass is 10.1. The van der Waals surface area contributed by atoms with Gasteiger partial charge in [-0.1, -0.05) is 48.9 Å². The van der Waals surface area contributed by atoms with Crippen molar-refractivity contribution in [2.24, 2.45) is 0 Å². The molecule has 0 saturated heterocycles. The fourth-order valence-electron chi connectivity index (χ4n) is 3.51. The Morgan fingerprint density at radius 2 is 1.76 bits per heavy atom. The number of amides is 2. The zero-order valence-electron chi connectivity index (χ0n) is 19.7. The fourth-order valence-corrected chi connectivity index (χ4v) is 4.54. The third-order valence-corrected chi connectivity index (χ3v) is 6.59. The summed E-state index contributed by atoms with van der Waals surface area (Å²) in [5.74, 6) is -0.790. The zero-order valence-corrected chi connectivity index (χ0v) is 21.3. The quantitative estimate of drug-likeness (QED) is 0.546. The summed E-state index contributed by atoms with van der Waals surface area (Å²) in [5, 5.41) is 3.32. The molecule has 0 spiro atoms. The summed E-state index contributed by atoms with van der Waals surface area (Å²) < 4.78 is 26.2. The van der Waals surface area contributed by atoms with E-state index < -0.39 is 28.5 Å². The smallest absolute Gasteiger partial charge is 0.244 e. The van der Waals surface area contributed by atoms with Crippen LogP contribution in [0.2, 0.25) is 5.02 Å². The average Bonchev–Trinajstić information content (AvgIpc) is 2.71. The Labute approximate surface area is 201 Å². The molecule has 7 nitrogen and oxygen atoms in total. The molecule has 0 aliphatic carbocycles. The number of nitrogens with one attached hydrogen (secondary N) is 1. The summed E-state index contributed by atoms with van der Waals surface area (Å²) >= 11 is 6.33. The Kier molecular flexibility index (Phi) is 9.31. The van der Waals surface area contributed by atoms with Crippen molar-refractivity contribution in [3.63, 3.8) is 0 Å². The lowest BCUT2D eigenvalue weighted by molar-refractivity contribution is -0.140. The molecule has 9 heteroatoms. The summed E-state index contributed by atoms with van der Waals surface area (Å²) in [7, 11) is -3.76. The summed E-state index contributed by atoms with van der Waals surface area (Å²) in [4.78, 5) is 27.9. The maximum absolute atomic E-state index is 13.6. The van der Waals surface area contributed by atoms with Crippen molar-refractivity contribution in [2.75, 3.05) is 17.1 Å². The standard InChI is InChI=1S/C24H32ClN3O4S/c1-6-22(24(30)26-17(2)3)27(15-19-11-7-8-13-21(19)25)23(29)16-28(33(5,31)32)20-12-9-10-18(4)14-20/h7-14,17,22H,6,15-16H2,1-5H3,(H,26,30)/t22-/m0/s1. The molecule has 2 aromatic carbocycles. The number of sulfonamides is 1. The van der Waals surface area contributed by atoms with Crippen LogP contribution < -0.4 is 9.62 Å². The Morgan fingerprint density at radius 1 is 1.09 bits per heavy atom. The van der Waals surface area contributed by atoms with Crippen molar-refractivity contribution in [2.45, 2.75) is 52.7 Å². The number of carbonyl (C=O) groups is 2. The molecular formula is C24H32ClN3O4S. The number of nitrogens with zero attached hydrogens (tertiary/aromatic N) is 2. The third kappa shape index (κ3) is 7.47. The summed E-state index contributed by atoms with van der Waals surface area (Å²) in [6, 6.07) is 13.1. The Hall–Kier alpha value is -2.58. The SMILES string of the molecule is CC[C@@H](C(=O)NC(C)C)N(Cc1ccccc1Cl)C(=O)CN(c1cccc(C)c1)S(C)(=O)=O. The molecule has 0 aliphatic heterocycles. The van der Waals surface area contributed by atoms with E-state index in [1.54, 1.807) is 42.5 Å². The summed E-state index contributed by atoms with van der Waals surface area (Å²) in [6.45, 7) is 6.99. The van der Waals surface area contributed by atoms with Crippen molar-refractivity contribution in [1.82, 2.24) is 10.2 Å². The number of anilines is 1. The predicted molar refractivity (Wildman–Crippen MR) is 133 cm³/mol. The average molecular weight is 494 g/mol. The molecule has 0 heterocycles. The van der Waals surface area contributed by atoms with E-state index >= 15 is 0 Å². The molecule has 0 saturated carbocycles. The van der Waals surface area contributed by atoms with Crippen molar-refractivity contribution in [3.8, 4) is 0 Å². The topological polar surface area (TPSA) is 86.8 Å². The molecule has 1 N–H and O–H groups in total. The molecule has 180 valence electrons. The van der Waals surface area contributed by atoms with Crippen LogP contribution in [0, 0.1) is 6.92 Å².